The Morgan fingerprint density at radius 2 is 2.00 bits per heavy atom. The molecule has 3 heteroatoms. The van der Waals surface area contributed by atoms with Gasteiger partial charge in [-0.3, -0.25) is 0 Å². The second kappa shape index (κ2) is 6.28. The van der Waals surface area contributed by atoms with E-state index in [4.69, 9.17) is 0 Å². The Labute approximate surface area is 99.8 Å². The number of nitrogens with zero attached hydrogens (tertiary/aromatic N) is 2. The Hall–Kier alpha value is 1.56. The van der Waals surface area contributed by atoms with Gasteiger partial charge in [-0.1, -0.05) is 6.42 Å². The minimum absolute atomic E-state index is 0. The van der Waals surface area contributed by atoms with Crippen LogP contribution in [0.1, 0.15) is 6.42 Å². The predicted octanol–water partition coefficient (Wildman–Crippen LogP) is -2.30. The van der Waals surface area contributed by atoms with E-state index in [1.165, 1.54) is 13.0 Å². The first-order valence-corrected chi connectivity index (χ1v) is 3.21. The molecule has 0 saturated carbocycles. The fourth-order valence-corrected chi connectivity index (χ4v) is 0.917. The fraction of sp³-hybridized carbons (Fsp3) is 1.00. The van der Waals surface area contributed by atoms with Crippen molar-refractivity contribution in [3.05, 3.63) is 5.32 Å². The van der Waals surface area contributed by atoms with Crippen molar-refractivity contribution in [1.29, 1.82) is 0 Å². The van der Waals surface area contributed by atoms with Crippen molar-refractivity contribution in [1.82, 2.24) is 4.90 Å². The van der Waals surface area contributed by atoms with Crippen LogP contribution in [0.4, 0.5) is 0 Å². The minimum atomic E-state index is 0. The molecule has 1 rings (SSSR count). The van der Waals surface area contributed by atoms with Crippen LogP contribution in [0.2, 0.25) is 0 Å². The standard InChI is InChI=1S/C6H13N2.K/c1-8-5-2-3-7-4-6-8;/h2-6H2,1H3;/q-1;+1. The zero-order chi connectivity index (χ0) is 5.82. The molecule has 9 heavy (non-hydrogen) atoms. The normalized spacial score (nSPS) is 22.3. The molecular weight excluding hydrogens is 139 g/mol. The van der Waals surface area contributed by atoms with Gasteiger partial charge in [-0.15, -0.1) is 13.1 Å². The predicted molar refractivity (Wildman–Crippen MR) is 35.2 cm³/mol. The molecule has 48 valence electrons. The van der Waals surface area contributed by atoms with E-state index in [-0.39, 0.29) is 51.4 Å². The maximum atomic E-state index is 4.28. The third kappa shape index (κ3) is 4.90. The molecule has 0 aromatic carbocycles. The maximum absolute atomic E-state index is 4.28. The van der Waals surface area contributed by atoms with Gasteiger partial charge in [0.15, 0.2) is 0 Å². The van der Waals surface area contributed by atoms with Gasteiger partial charge in [0, 0.05) is 0 Å². The summed E-state index contributed by atoms with van der Waals surface area (Å²) >= 11 is 0. The summed E-state index contributed by atoms with van der Waals surface area (Å²) < 4.78 is 0. The van der Waals surface area contributed by atoms with Crippen LogP contribution < -0.4 is 51.4 Å². The van der Waals surface area contributed by atoms with E-state index in [9.17, 15) is 0 Å². The number of hydrogen-bond donors (Lipinski definition) is 0. The maximum Gasteiger partial charge on any atom is 1.00 e. The van der Waals surface area contributed by atoms with Gasteiger partial charge in [-0.25, -0.2) is 0 Å². The molecule has 0 bridgehead atoms. The molecule has 0 radical (unpaired) electrons. The molecule has 0 aromatic heterocycles. The van der Waals surface area contributed by atoms with Crippen LogP contribution in [0.3, 0.4) is 0 Å². The smallest absolute Gasteiger partial charge is 0.661 e. The van der Waals surface area contributed by atoms with E-state index in [1.807, 2.05) is 0 Å². The molecule has 0 N–H and O–H groups in total. The van der Waals surface area contributed by atoms with Gasteiger partial charge in [0.05, 0.1) is 0 Å². The molecule has 0 spiro atoms. The fourth-order valence-electron chi connectivity index (χ4n) is 0.917. The van der Waals surface area contributed by atoms with Crippen molar-refractivity contribution in [2.45, 2.75) is 6.42 Å². The van der Waals surface area contributed by atoms with Gasteiger partial charge >= 0.3 is 51.4 Å². The van der Waals surface area contributed by atoms with E-state index < -0.39 is 0 Å². The zero-order valence-corrected chi connectivity index (χ0v) is 9.55. The molecule has 0 aliphatic carbocycles. The largest absolute Gasteiger partial charge is 1.00 e. The number of rotatable bonds is 0. The molecule has 1 heterocycles. The van der Waals surface area contributed by atoms with Crippen molar-refractivity contribution in [2.75, 3.05) is 33.2 Å². The van der Waals surface area contributed by atoms with Crippen LogP contribution in [0.5, 0.6) is 0 Å². The van der Waals surface area contributed by atoms with Gasteiger partial charge in [-0.05, 0) is 20.1 Å². The summed E-state index contributed by atoms with van der Waals surface area (Å²) in [4.78, 5) is 2.33. The third-order valence-corrected chi connectivity index (χ3v) is 1.50. The molecule has 0 amide bonds. The summed E-state index contributed by atoms with van der Waals surface area (Å²) in [7, 11) is 2.15. The summed E-state index contributed by atoms with van der Waals surface area (Å²) in [5.74, 6) is 0. The summed E-state index contributed by atoms with van der Waals surface area (Å²) in [6, 6.07) is 0. The second-order valence-electron chi connectivity index (χ2n) is 2.33. The molecule has 1 fully saturated rings. The number of hydrogen-bond acceptors (Lipinski definition) is 1. The molecule has 1 aliphatic rings. The molecule has 0 unspecified atom stereocenters. The van der Waals surface area contributed by atoms with Crippen molar-refractivity contribution < 1.29 is 51.4 Å². The van der Waals surface area contributed by atoms with Crippen LogP contribution in [0, 0.1) is 0 Å². The molecule has 1 aliphatic heterocycles. The van der Waals surface area contributed by atoms with Crippen molar-refractivity contribution in [3.8, 4) is 0 Å². The minimum Gasteiger partial charge on any atom is -0.661 e. The first kappa shape index (κ1) is 10.6. The Morgan fingerprint density at radius 1 is 1.22 bits per heavy atom. The van der Waals surface area contributed by atoms with Gasteiger partial charge in [0.2, 0.25) is 0 Å². The zero-order valence-electron chi connectivity index (χ0n) is 6.43. The Morgan fingerprint density at radius 3 is 2.78 bits per heavy atom. The van der Waals surface area contributed by atoms with E-state index in [1.54, 1.807) is 0 Å². The van der Waals surface area contributed by atoms with Crippen LogP contribution in [-0.4, -0.2) is 38.1 Å². The molecule has 0 atom stereocenters. The molecular formula is C6H13KN2. The van der Waals surface area contributed by atoms with Crippen LogP contribution in [-0.2, 0) is 0 Å². The third-order valence-electron chi connectivity index (χ3n) is 1.50. The van der Waals surface area contributed by atoms with Crippen LogP contribution in [0.15, 0.2) is 0 Å². The van der Waals surface area contributed by atoms with Crippen molar-refractivity contribution in [3.63, 3.8) is 0 Å². The Kier molecular flexibility index (Phi) is 7.36. The summed E-state index contributed by atoms with van der Waals surface area (Å²) in [5, 5.41) is 4.28. The Bertz CT molecular complexity index is 60.1. The molecule has 2 nitrogen and oxygen atoms in total. The monoisotopic (exact) mass is 152 g/mol. The number of likely N-dealkylation sites (N-methyl/N-ethyl adjacent to an activating group) is 1. The van der Waals surface area contributed by atoms with Crippen LogP contribution >= 0.6 is 0 Å². The van der Waals surface area contributed by atoms with Crippen molar-refractivity contribution >= 4 is 0 Å². The van der Waals surface area contributed by atoms with E-state index in [2.05, 4.69) is 17.3 Å². The quantitative estimate of drug-likeness (QED) is 0.357. The first-order valence-electron chi connectivity index (χ1n) is 3.21. The van der Waals surface area contributed by atoms with Gasteiger partial charge in [-0.2, -0.15) is 0 Å². The summed E-state index contributed by atoms with van der Waals surface area (Å²) in [6.07, 6.45) is 1.25. The average Bonchev–Trinajstić information content (AvgIpc) is 1.94. The second-order valence-corrected chi connectivity index (χ2v) is 2.33. The molecule has 0 aromatic rings. The van der Waals surface area contributed by atoms with E-state index in [0.717, 1.165) is 19.6 Å². The summed E-state index contributed by atoms with van der Waals surface area (Å²) in [5.41, 5.74) is 0. The average molecular weight is 152 g/mol. The van der Waals surface area contributed by atoms with Crippen molar-refractivity contribution in [2.24, 2.45) is 0 Å². The van der Waals surface area contributed by atoms with Crippen LogP contribution in [0.25, 0.3) is 5.32 Å². The summed E-state index contributed by atoms with van der Waals surface area (Å²) in [6.45, 7) is 4.49. The molecule has 1 saturated heterocycles. The van der Waals surface area contributed by atoms with Gasteiger partial charge in [0.25, 0.3) is 0 Å². The topological polar surface area (TPSA) is 17.3 Å². The van der Waals surface area contributed by atoms with E-state index in [0.29, 0.717) is 0 Å². The van der Waals surface area contributed by atoms with Gasteiger partial charge < -0.3 is 10.2 Å². The van der Waals surface area contributed by atoms with Gasteiger partial charge in [0.1, 0.15) is 0 Å². The first-order chi connectivity index (χ1) is 3.89. The SMILES string of the molecule is CN1CCC[N-]CC1.[K+]. The van der Waals surface area contributed by atoms with E-state index >= 15 is 0 Å². The Balaban J connectivity index is 0.000000640.